The Labute approximate surface area is 67.0 Å². The van der Waals surface area contributed by atoms with Crippen LogP contribution in [0.1, 0.15) is 13.3 Å². The molecule has 0 aliphatic heterocycles. The molecule has 3 nitrogen and oxygen atoms in total. The summed E-state index contributed by atoms with van der Waals surface area (Å²) >= 11 is 0. The number of hydrogen-bond acceptors (Lipinski definition) is 3. The fraction of sp³-hybridized carbons (Fsp3) is 0.375. The summed E-state index contributed by atoms with van der Waals surface area (Å²) in [4.78, 5) is 9.75. The Kier molecular flexibility index (Phi) is 13.3. The number of ether oxygens (including phenoxy) is 1. The van der Waals surface area contributed by atoms with Crippen molar-refractivity contribution < 1.29 is 14.6 Å². The highest BCUT2D eigenvalue weighted by atomic mass is 16.5. The van der Waals surface area contributed by atoms with Crippen molar-refractivity contribution in [3.05, 3.63) is 25.5 Å². The summed E-state index contributed by atoms with van der Waals surface area (Å²) in [7, 11) is 0. The highest BCUT2D eigenvalue weighted by Gasteiger charge is 1.79. The lowest BCUT2D eigenvalue weighted by atomic mass is 10.5. The first-order valence-electron chi connectivity index (χ1n) is 3.18. The Morgan fingerprint density at radius 2 is 2.18 bits per heavy atom. The molecule has 0 aromatic heterocycles. The standard InChI is InChI=1S/C4H6O2.C4H8O/c1-3-6-4(2)5;1-2-3-4-5/h3H,1H2,2H3;2,5H,1,3-4H2. The third-order valence-corrected chi connectivity index (χ3v) is 0.583. The molecule has 0 aromatic carbocycles. The predicted octanol–water partition coefficient (Wildman–Crippen LogP) is 1.25. The zero-order valence-corrected chi connectivity index (χ0v) is 6.75. The minimum absolute atomic E-state index is 0.226. The predicted molar refractivity (Wildman–Crippen MR) is 43.9 cm³/mol. The first-order valence-corrected chi connectivity index (χ1v) is 3.18. The molecule has 0 aromatic rings. The maximum atomic E-state index is 9.75. The van der Waals surface area contributed by atoms with Gasteiger partial charge < -0.3 is 9.84 Å². The van der Waals surface area contributed by atoms with Crippen LogP contribution >= 0.6 is 0 Å². The lowest BCUT2D eigenvalue weighted by molar-refractivity contribution is -0.135. The fourth-order valence-corrected chi connectivity index (χ4v) is 0.209. The largest absolute Gasteiger partial charge is 0.435 e. The number of carbonyl (C=O) groups is 1. The second-order valence-corrected chi connectivity index (χ2v) is 1.58. The van der Waals surface area contributed by atoms with Gasteiger partial charge in [0.05, 0.1) is 6.26 Å². The van der Waals surface area contributed by atoms with Crippen molar-refractivity contribution >= 4 is 5.97 Å². The van der Waals surface area contributed by atoms with E-state index in [1.54, 1.807) is 6.08 Å². The summed E-state index contributed by atoms with van der Waals surface area (Å²) in [6.07, 6.45) is 3.49. The third-order valence-electron chi connectivity index (χ3n) is 0.583. The molecular formula is C8H14O3. The van der Waals surface area contributed by atoms with E-state index in [0.29, 0.717) is 6.42 Å². The van der Waals surface area contributed by atoms with Crippen molar-refractivity contribution in [3.63, 3.8) is 0 Å². The van der Waals surface area contributed by atoms with Crippen molar-refractivity contribution in [3.8, 4) is 0 Å². The van der Waals surface area contributed by atoms with Gasteiger partial charge >= 0.3 is 5.97 Å². The maximum absolute atomic E-state index is 9.75. The molecule has 0 spiro atoms. The van der Waals surface area contributed by atoms with E-state index in [4.69, 9.17) is 5.11 Å². The molecule has 0 bridgehead atoms. The van der Waals surface area contributed by atoms with Crippen LogP contribution in [0.25, 0.3) is 0 Å². The molecule has 0 amide bonds. The van der Waals surface area contributed by atoms with E-state index < -0.39 is 0 Å². The molecule has 0 aliphatic carbocycles. The number of aliphatic hydroxyl groups excluding tert-OH is 1. The van der Waals surface area contributed by atoms with Gasteiger partial charge in [0, 0.05) is 13.5 Å². The van der Waals surface area contributed by atoms with Crippen LogP contribution in [0.5, 0.6) is 0 Å². The molecule has 0 atom stereocenters. The van der Waals surface area contributed by atoms with Crippen molar-refractivity contribution in [1.82, 2.24) is 0 Å². The average molecular weight is 158 g/mol. The van der Waals surface area contributed by atoms with Gasteiger partial charge in [-0.15, -0.1) is 6.58 Å². The van der Waals surface area contributed by atoms with E-state index in [9.17, 15) is 4.79 Å². The van der Waals surface area contributed by atoms with Gasteiger partial charge in [0.1, 0.15) is 0 Å². The molecular weight excluding hydrogens is 144 g/mol. The van der Waals surface area contributed by atoms with Crippen LogP contribution in [0.3, 0.4) is 0 Å². The lowest BCUT2D eigenvalue weighted by Crippen LogP contribution is -1.87. The topological polar surface area (TPSA) is 46.5 Å². The maximum Gasteiger partial charge on any atom is 0.307 e. The normalized spacial score (nSPS) is 7.09. The quantitative estimate of drug-likeness (QED) is 0.382. The third kappa shape index (κ3) is 27.8. The van der Waals surface area contributed by atoms with E-state index in [0.717, 1.165) is 6.26 Å². The molecule has 0 saturated carbocycles. The van der Waals surface area contributed by atoms with E-state index >= 15 is 0 Å². The van der Waals surface area contributed by atoms with Crippen molar-refractivity contribution in [1.29, 1.82) is 0 Å². The van der Waals surface area contributed by atoms with E-state index in [-0.39, 0.29) is 12.6 Å². The van der Waals surface area contributed by atoms with Crippen molar-refractivity contribution in [2.75, 3.05) is 6.61 Å². The number of aliphatic hydroxyl groups is 1. The second-order valence-electron chi connectivity index (χ2n) is 1.58. The van der Waals surface area contributed by atoms with Crippen molar-refractivity contribution in [2.45, 2.75) is 13.3 Å². The molecule has 0 heterocycles. The monoisotopic (exact) mass is 158 g/mol. The number of rotatable bonds is 3. The summed E-state index contributed by atoms with van der Waals surface area (Å²) in [5, 5.41) is 8.00. The zero-order valence-electron chi connectivity index (χ0n) is 6.75. The fourth-order valence-electron chi connectivity index (χ4n) is 0.209. The summed E-state index contributed by atoms with van der Waals surface area (Å²) in [5.74, 6) is -0.329. The van der Waals surface area contributed by atoms with Crippen LogP contribution in [-0.2, 0) is 9.53 Å². The van der Waals surface area contributed by atoms with Gasteiger partial charge in [0.25, 0.3) is 0 Å². The molecule has 64 valence electrons. The van der Waals surface area contributed by atoms with Crippen LogP contribution < -0.4 is 0 Å². The van der Waals surface area contributed by atoms with Crippen LogP contribution in [0.15, 0.2) is 25.5 Å². The Hall–Kier alpha value is -1.09. The number of hydrogen-bond donors (Lipinski definition) is 1. The minimum atomic E-state index is -0.329. The Morgan fingerprint density at radius 3 is 2.18 bits per heavy atom. The SMILES string of the molecule is C=CCCO.C=COC(C)=O. The molecule has 0 saturated heterocycles. The van der Waals surface area contributed by atoms with Gasteiger partial charge in [0.2, 0.25) is 0 Å². The van der Waals surface area contributed by atoms with Gasteiger partial charge in [-0.1, -0.05) is 12.7 Å². The highest BCUT2D eigenvalue weighted by Crippen LogP contribution is 1.70. The second kappa shape index (κ2) is 11.7. The summed E-state index contributed by atoms with van der Waals surface area (Å²) in [6.45, 7) is 8.10. The first-order chi connectivity index (χ1) is 5.18. The number of carbonyl (C=O) groups excluding carboxylic acids is 1. The van der Waals surface area contributed by atoms with Crippen LogP contribution in [0.4, 0.5) is 0 Å². The molecule has 1 N–H and O–H groups in total. The molecule has 3 heteroatoms. The van der Waals surface area contributed by atoms with Gasteiger partial charge in [-0.2, -0.15) is 0 Å². The molecule has 0 unspecified atom stereocenters. The Bertz CT molecular complexity index is 119. The first kappa shape index (κ1) is 12.6. The van der Waals surface area contributed by atoms with Gasteiger partial charge in [0.15, 0.2) is 0 Å². The van der Waals surface area contributed by atoms with Crippen LogP contribution in [0.2, 0.25) is 0 Å². The van der Waals surface area contributed by atoms with E-state index in [2.05, 4.69) is 17.9 Å². The summed E-state index contributed by atoms with van der Waals surface area (Å²) in [5.41, 5.74) is 0. The van der Waals surface area contributed by atoms with Gasteiger partial charge in [-0.3, -0.25) is 4.79 Å². The van der Waals surface area contributed by atoms with Gasteiger partial charge in [-0.05, 0) is 6.42 Å². The molecule has 0 fully saturated rings. The van der Waals surface area contributed by atoms with E-state index in [1.807, 2.05) is 0 Å². The lowest BCUT2D eigenvalue weighted by Gasteiger charge is -1.83. The Morgan fingerprint density at radius 1 is 1.64 bits per heavy atom. The van der Waals surface area contributed by atoms with Gasteiger partial charge in [-0.25, -0.2) is 0 Å². The summed E-state index contributed by atoms with van der Waals surface area (Å²) in [6, 6.07) is 0. The van der Waals surface area contributed by atoms with Crippen LogP contribution in [0, 0.1) is 0 Å². The minimum Gasteiger partial charge on any atom is -0.435 e. The zero-order chi connectivity index (χ0) is 9.11. The molecule has 0 radical (unpaired) electrons. The van der Waals surface area contributed by atoms with Crippen molar-refractivity contribution in [2.24, 2.45) is 0 Å². The highest BCUT2D eigenvalue weighted by molar-refractivity contribution is 5.66. The van der Waals surface area contributed by atoms with Crippen LogP contribution in [-0.4, -0.2) is 17.7 Å². The smallest absolute Gasteiger partial charge is 0.307 e. The average Bonchev–Trinajstić information content (AvgIpc) is 1.90. The number of esters is 1. The molecule has 11 heavy (non-hydrogen) atoms. The molecule has 0 aliphatic rings. The van der Waals surface area contributed by atoms with E-state index in [1.165, 1.54) is 6.92 Å². The summed E-state index contributed by atoms with van der Waals surface area (Å²) < 4.78 is 4.17. The molecule has 0 rings (SSSR count). The Balaban J connectivity index is 0.